The first-order valence-electron chi connectivity index (χ1n) is 8.07. The molecule has 1 aliphatic heterocycles. The summed E-state index contributed by atoms with van der Waals surface area (Å²) in [5.74, 6) is 1.22. The van der Waals surface area contributed by atoms with Gasteiger partial charge in [0.25, 0.3) is 0 Å². The van der Waals surface area contributed by atoms with Crippen molar-refractivity contribution in [1.29, 1.82) is 5.26 Å². The Hall–Kier alpha value is -2.47. The third-order valence-corrected chi connectivity index (χ3v) is 4.24. The molecule has 3 rings (SSSR count). The summed E-state index contributed by atoms with van der Waals surface area (Å²) in [6, 6.07) is 1.79. The zero-order valence-electron chi connectivity index (χ0n) is 14.4. The minimum absolute atomic E-state index is 0.464. The number of rotatable bonds is 3. The van der Waals surface area contributed by atoms with E-state index in [2.05, 4.69) is 20.3 Å². The van der Waals surface area contributed by atoms with Gasteiger partial charge in [0.15, 0.2) is 5.65 Å². The average molecular weight is 360 g/mol. The fourth-order valence-corrected chi connectivity index (χ4v) is 3.08. The zero-order chi connectivity index (χ0) is 18.0. The first-order chi connectivity index (χ1) is 11.9. The fourth-order valence-electron chi connectivity index (χ4n) is 2.66. The van der Waals surface area contributed by atoms with Crippen LogP contribution >= 0.6 is 11.8 Å². The van der Waals surface area contributed by atoms with Gasteiger partial charge < -0.3 is 9.64 Å². The molecule has 0 unspecified atom stereocenters. The maximum atomic E-state index is 12.2. The highest BCUT2D eigenvalue weighted by Crippen LogP contribution is 2.28. The van der Waals surface area contributed by atoms with Gasteiger partial charge in [-0.05, 0) is 45.4 Å². The average Bonchev–Trinajstić information content (AvgIpc) is 3.15. The molecule has 1 amide bonds. The molecule has 1 fully saturated rings. The van der Waals surface area contributed by atoms with E-state index < -0.39 is 11.7 Å². The summed E-state index contributed by atoms with van der Waals surface area (Å²) in [6.45, 7) is 7.26. The van der Waals surface area contributed by atoms with Gasteiger partial charge in [0.05, 0.1) is 11.1 Å². The van der Waals surface area contributed by atoms with E-state index in [0.29, 0.717) is 16.4 Å². The van der Waals surface area contributed by atoms with Crippen molar-refractivity contribution in [3.05, 3.63) is 12.3 Å². The molecule has 1 aliphatic rings. The van der Waals surface area contributed by atoms with Gasteiger partial charge in [-0.15, -0.1) is 0 Å². The molecule has 1 saturated heterocycles. The summed E-state index contributed by atoms with van der Waals surface area (Å²) < 4.78 is 6.84. The largest absolute Gasteiger partial charge is 0.444 e. The summed E-state index contributed by atoms with van der Waals surface area (Å²) in [6.07, 6.45) is 3.24. The van der Waals surface area contributed by atoms with Gasteiger partial charge in [-0.2, -0.15) is 14.9 Å². The molecule has 1 N–H and O–H groups in total. The van der Waals surface area contributed by atoms with E-state index in [1.54, 1.807) is 33.0 Å². The summed E-state index contributed by atoms with van der Waals surface area (Å²) in [4.78, 5) is 19.6. The number of thiocyanates is 1. The molecular formula is C16H20N6O2S. The normalized spacial score (nSPS) is 14.6. The minimum atomic E-state index is -0.597. The Morgan fingerprint density at radius 1 is 1.40 bits per heavy atom. The lowest BCUT2D eigenvalue weighted by Gasteiger charge is -2.21. The number of carbonyl (C=O) groups is 1. The van der Waals surface area contributed by atoms with E-state index in [9.17, 15) is 4.79 Å². The second kappa shape index (κ2) is 6.80. The quantitative estimate of drug-likeness (QED) is 0.663. The van der Waals surface area contributed by atoms with Crippen LogP contribution in [0.2, 0.25) is 0 Å². The summed E-state index contributed by atoms with van der Waals surface area (Å²) in [5.41, 5.74) is -0.0537. The van der Waals surface area contributed by atoms with Crippen LogP contribution < -0.4 is 10.2 Å². The number of fused-ring (bicyclic) bond motifs is 1. The SMILES string of the molecule is CC(C)(C)OC(=O)Nc1cc(N2CCCC2)nc2c(SC#N)cnn12. The molecule has 0 radical (unpaired) electrons. The van der Waals surface area contributed by atoms with Crippen LogP contribution in [-0.2, 0) is 4.74 Å². The van der Waals surface area contributed by atoms with Crippen LogP contribution in [0, 0.1) is 10.7 Å². The molecule has 0 aliphatic carbocycles. The number of amides is 1. The molecule has 0 bridgehead atoms. The fraction of sp³-hybridized carbons (Fsp3) is 0.500. The number of nitriles is 1. The van der Waals surface area contributed by atoms with Crippen molar-refractivity contribution in [2.75, 3.05) is 23.3 Å². The number of nitrogens with zero attached hydrogens (tertiary/aromatic N) is 5. The van der Waals surface area contributed by atoms with Crippen LogP contribution in [0.1, 0.15) is 33.6 Å². The monoisotopic (exact) mass is 360 g/mol. The van der Waals surface area contributed by atoms with Crippen molar-refractivity contribution in [3.63, 3.8) is 0 Å². The van der Waals surface area contributed by atoms with Gasteiger partial charge in [-0.25, -0.2) is 9.78 Å². The molecule has 0 atom stereocenters. The molecule has 25 heavy (non-hydrogen) atoms. The highest BCUT2D eigenvalue weighted by atomic mass is 32.2. The smallest absolute Gasteiger partial charge is 0.413 e. The summed E-state index contributed by atoms with van der Waals surface area (Å²) in [7, 11) is 0. The molecule has 8 nitrogen and oxygen atoms in total. The van der Waals surface area contributed by atoms with E-state index in [1.807, 2.05) is 5.40 Å². The van der Waals surface area contributed by atoms with Gasteiger partial charge in [-0.3, -0.25) is 5.32 Å². The second-order valence-corrected chi connectivity index (χ2v) is 7.58. The number of hydrogen-bond acceptors (Lipinski definition) is 7. The molecular weight excluding hydrogens is 340 g/mol. The number of ether oxygens (including phenoxy) is 1. The molecule has 0 saturated carbocycles. The molecule has 3 heterocycles. The van der Waals surface area contributed by atoms with Crippen molar-refractivity contribution in [2.24, 2.45) is 0 Å². The Kier molecular flexibility index (Phi) is 4.72. The van der Waals surface area contributed by atoms with Crippen molar-refractivity contribution in [3.8, 4) is 5.40 Å². The van der Waals surface area contributed by atoms with Crippen LogP contribution in [0.3, 0.4) is 0 Å². The van der Waals surface area contributed by atoms with Crippen molar-refractivity contribution < 1.29 is 9.53 Å². The number of thioether (sulfide) groups is 1. The first-order valence-corrected chi connectivity index (χ1v) is 8.89. The van der Waals surface area contributed by atoms with Gasteiger partial charge in [0.1, 0.15) is 22.6 Å². The Balaban J connectivity index is 2.00. The number of hydrogen-bond donors (Lipinski definition) is 1. The van der Waals surface area contributed by atoms with Crippen LogP contribution in [0.4, 0.5) is 16.4 Å². The van der Waals surface area contributed by atoms with Crippen LogP contribution in [-0.4, -0.2) is 39.4 Å². The maximum absolute atomic E-state index is 12.2. The van der Waals surface area contributed by atoms with Crippen LogP contribution in [0.25, 0.3) is 5.65 Å². The van der Waals surface area contributed by atoms with Gasteiger partial charge in [-0.1, -0.05) is 0 Å². The maximum Gasteiger partial charge on any atom is 0.413 e. The van der Waals surface area contributed by atoms with Crippen molar-refractivity contribution in [2.45, 2.75) is 44.1 Å². The molecule has 132 valence electrons. The lowest BCUT2D eigenvalue weighted by Crippen LogP contribution is -2.28. The lowest BCUT2D eigenvalue weighted by atomic mass is 10.2. The summed E-state index contributed by atoms with van der Waals surface area (Å²) >= 11 is 0.998. The number of aromatic nitrogens is 3. The number of carbonyl (C=O) groups excluding carboxylic acids is 1. The van der Waals surface area contributed by atoms with Gasteiger partial charge >= 0.3 is 6.09 Å². The number of anilines is 2. The van der Waals surface area contributed by atoms with E-state index in [4.69, 9.17) is 10.00 Å². The van der Waals surface area contributed by atoms with Crippen LogP contribution in [0.15, 0.2) is 17.2 Å². The lowest BCUT2D eigenvalue weighted by molar-refractivity contribution is 0.0635. The molecule has 9 heteroatoms. The van der Waals surface area contributed by atoms with E-state index in [-0.39, 0.29) is 0 Å². The second-order valence-electron chi connectivity index (χ2n) is 6.76. The first kappa shape index (κ1) is 17.4. The third-order valence-electron chi connectivity index (χ3n) is 3.64. The topological polar surface area (TPSA) is 95.5 Å². The van der Waals surface area contributed by atoms with E-state index in [1.165, 1.54) is 4.52 Å². The number of nitrogens with one attached hydrogen (secondary N) is 1. The predicted molar refractivity (Wildman–Crippen MR) is 95.8 cm³/mol. The van der Waals surface area contributed by atoms with Crippen molar-refractivity contribution in [1.82, 2.24) is 14.6 Å². The molecule has 0 spiro atoms. The Morgan fingerprint density at radius 3 is 2.76 bits per heavy atom. The van der Waals surface area contributed by atoms with Gasteiger partial charge in [0, 0.05) is 19.2 Å². The van der Waals surface area contributed by atoms with Crippen molar-refractivity contribution >= 4 is 35.1 Å². The van der Waals surface area contributed by atoms with E-state index >= 15 is 0 Å². The highest BCUT2D eigenvalue weighted by Gasteiger charge is 2.21. The highest BCUT2D eigenvalue weighted by molar-refractivity contribution is 8.03. The Labute approximate surface area is 150 Å². The standard InChI is InChI=1S/C16H20N6O2S/c1-16(2,3)24-15(23)20-13-8-12(21-6-4-5-7-21)19-14-11(25-10-17)9-18-22(13)14/h8-9H,4-7H2,1-3H3,(H,20,23). The van der Waals surface area contributed by atoms with Crippen LogP contribution in [0.5, 0.6) is 0 Å². The Bertz CT molecular complexity index is 829. The molecule has 2 aromatic heterocycles. The summed E-state index contributed by atoms with van der Waals surface area (Å²) in [5, 5.41) is 18.0. The van der Waals surface area contributed by atoms with Gasteiger partial charge in [0.2, 0.25) is 0 Å². The Morgan fingerprint density at radius 2 is 2.12 bits per heavy atom. The third kappa shape index (κ3) is 3.96. The van der Waals surface area contributed by atoms with E-state index in [0.717, 1.165) is 43.5 Å². The minimum Gasteiger partial charge on any atom is -0.444 e. The molecule has 2 aromatic rings. The predicted octanol–water partition coefficient (Wildman–Crippen LogP) is 3.25. The zero-order valence-corrected chi connectivity index (χ0v) is 15.3. The molecule has 0 aromatic carbocycles.